The molecule has 0 spiro atoms. The number of carbonyl (C=O) groups is 1. The number of thiophene rings is 1. The molecule has 2 atom stereocenters. The number of nitrogens with one attached hydrogen (secondary N) is 1. The van der Waals surface area contributed by atoms with Crippen molar-refractivity contribution >= 4 is 68.1 Å². The molecule has 4 rings (SSSR count). The third-order valence-corrected chi connectivity index (χ3v) is 7.30. The lowest BCUT2D eigenvalue weighted by Gasteiger charge is -2.35. The lowest BCUT2D eigenvalue weighted by atomic mass is 9.98. The second-order valence-corrected chi connectivity index (χ2v) is 8.89. The molecule has 1 N–H and O–H groups in total. The van der Waals surface area contributed by atoms with Gasteiger partial charge in [0.15, 0.2) is 5.13 Å². The van der Waals surface area contributed by atoms with Crippen LogP contribution in [0.15, 0.2) is 6.07 Å². The zero-order valence-corrected chi connectivity index (χ0v) is 17.8. The Bertz CT molecular complexity index is 704. The number of piperidine rings is 1. The number of hydrogen-bond acceptors (Lipinski definition) is 6. The molecule has 2 unspecified atom stereocenters. The van der Waals surface area contributed by atoms with Crippen molar-refractivity contribution in [1.29, 1.82) is 0 Å². The van der Waals surface area contributed by atoms with Crippen molar-refractivity contribution in [3.05, 3.63) is 10.9 Å². The van der Waals surface area contributed by atoms with Gasteiger partial charge in [0, 0.05) is 39.3 Å². The fraction of sp³-hybridized carbons (Fsp3) is 0.625. The van der Waals surface area contributed by atoms with Gasteiger partial charge in [-0.1, -0.05) is 11.3 Å². The number of nitrogens with zero attached hydrogens (tertiary/aromatic N) is 3. The van der Waals surface area contributed by atoms with Crippen LogP contribution in [0.2, 0.25) is 0 Å². The van der Waals surface area contributed by atoms with E-state index < -0.39 is 0 Å². The normalized spacial score (nSPS) is 24.5. The van der Waals surface area contributed by atoms with E-state index in [2.05, 4.69) is 10.3 Å². The van der Waals surface area contributed by atoms with E-state index in [4.69, 9.17) is 0 Å². The van der Waals surface area contributed by atoms with Crippen molar-refractivity contribution in [2.75, 3.05) is 26.0 Å². The Balaban J connectivity index is 0.00000113. The van der Waals surface area contributed by atoms with Crippen LogP contribution in [0.25, 0.3) is 9.53 Å². The lowest BCUT2D eigenvalue weighted by Crippen LogP contribution is -2.48. The van der Waals surface area contributed by atoms with E-state index >= 15 is 0 Å². The topological polar surface area (TPSA) is 48.5 Å². The third-order valence-electron chi connectivity index (χ3n) is 4.99. The number of carbonyl (C=O) groups excluding carboxylic acids is 1. The summed E-state index contributed by atoms with van der Waals surface area (Å²) in [7, 11) is 5.95. The van der Waals surface area contributed by atoms with Crippen LogP contribution in [0.1, 0.15) is 35.4 Å². The molecule has 0 radical (unpaired) electrons. The summed E-state index contributed by atoms with van der Waals surface area (Å²) in [6.45, 7) is 0. The summed E-state index contributed by atoms with van der Waals surface area (Å²) in [5, 5.41) is 4.63. The molecule has 9 heteroatoms. The van der Waals surface area contributed by atoms with Gasteiger partial charge in [0.2, 0.25) is 0 Å². The number of fused-ring (bicyclic) bond motifs is 3. The van der Waals surface area contributed by atoms with Gasteiger partial charge < -0.3 is 15.1 Å². The molecule has 25 heavy (non-hydrogen) atoms. The first kappa shape index (κ1) is 20.7. The van der Waals surface area contributed by atoms with Gasteiger partial charge in [0.05, 0.1) is 9.58 Å². The smallest absolute Gasteiger partial charge is 0.264 e. The number of halogens is 2. The molecule has 2 aliphatic rings. The van der Waals surface area contributed by atoms with Crippen molar-refractivity contribution in [2.45, 2.75) is 43.8 Å². The first-order valence-electron chi connectivity index (χ1n) is 8.12. The Hall–Kier alpha value is -0.600. The van der Waals surface area contributed by atoms with Crippen LogP contribution in [0.3, 0.4) is 0 Å². The van der Waals surface area contributed by atoms with Gasteiger partial charge in [-0.15, -0.1) is 36.2 Å². The summed E-state index contributed by atoms with van der Waals surface area (Å²) in [5.41, 5.74) is 0. The largest absolute Gasteiger partial charge is 0.354 e. The minimum atomic E-state index is 0. The monoisotopic (exact) mass is 422 g/mol. The maximum atomic E-state index is 12.8. The number of aromatic nitrogens is 1. The first-order valence-corrected chi connectivity index (χ1v) is 9.75. The highest BCUT2D eigenvalue weighted by Crippen LogP contribution is 2.35. The minimum absolute atomic E-state index is 0. The zero-order chi connectivity index (χ0) is 16.1. The van der Waals surface area contributed by atoms with E-state index in [9.17, 15) is 4.79 Å². The SMILES string of the molecule is CN(C)c1nc2sc(C(=O)N(C)C3CC4CCC(C3)N4)cc2s1.Cl.Cl. The highest BCUT2D eigenvalue weighted by atomic mass is 35.5. The minimum Gasteiger partial charge on any atom is -0.354 e. The highest BCUT2D eigenvalue weighted by Gasteiger charge is 2.36. The second kappa shape index (κ2) is 7.96. The van der Waals surface area contributed by atoms with Crippen molar-refractivity contribution in [1.82, 2.24) is 15.2 Å². The van der Waals surface area contributed by atoms with E-state index in [1.165, 1.54) is 24.2 Å². The molecule has 1 amide bonds. The molecule has 2 aliphatic heterocycles. The van der Waals surface area contributed by atoms with Crippen LogP contribution in [0.5, 0.6) is 0 Å². The number of rotatable bonds is 3. The average Bonchev–Trinajstić information content (AvgIpc) is 3.18. The quantitative estimate of drug-likeness (QED) is 0.819. The van der Waals surface area contributed by atoms with Gasteiger partial charge in [0.25, 0.3) is 5.91 Å². The van der Waals surface area contributed by atoms with Crippen molar-refractivity contribution < 1.29 is 4.79 Å². The molecular weight excluding hydrogens is 399 g/mol. The van der Waals surface area contributed by atoms with Gasteiger partial charge in [-0.25, -0.2) is 4.98 Å². The zero-order valence-electron chi connectivity index (χ0n) is 14.5. The molecule has 2 fully saturated rings. The molecule has 4 heterocycles. The summed E-state index contributed by atoms with van der Waals surface area (Å²) >= 11 is 3.17. The third kappa shape index (κ3) is 3.90. The van der Waals surface area contributed by atoms with E-state index in [0.29, 0.717) is 18.1 Å². The number of amides is 1. The summed E-state index contributed by atoms with van der Waals surface area (Å²) < 4.78 is 1.11. The first-order chi connectivity index (χ1) is 11.0. The Morgan fingerprint density at radius 2 is 1.80 bits per heavy atom. The average molecular weight is 423 g/mol. The Labute approximate surface area is 168 Å². The predicted molar refractivity (Wildman–Crippen MR) is 111 cm³/mol. The van der Waals surface area contributed by atoms with Crippen LogP contribution >= 0.6 is 47.5 Å². The fourth-order valence-electron chi connectivity index (χ4n) is 3.70. The van der Waals surface area contributed by atoms with Crippen molar-refractivity contribution in [3.63, 3.8) is 0 Å². The standard InChI is InChI=1S/C16H22N4OS2.2ClH/c1-19(2)16-18-14-12(23-16)8-13(22-14)15(21)20(3)11-6-9-4-5-10(7-11)17-9;;/h8-11,17H,4-7H2,1-3H3;2*1H. The number of thiazole rings is 1. The van der Waals surface area contributed by atoms with Crippen molar-refractivity contribution in [2.24, 2.45) is 0 Å². The Morgan fingerprint density at radius 1 is 1.16 bits per heavy atom. The van der Waals surface area contributed by atoms with Gasteiger partial charge in [-0.3, -0.25) is 4.79 Å². The van der Waals surface area contributed by atoms with Crippen LogP contribution in [0, 0.1) is 0 Å². The van der Waals surface area contributed by atoms with E-state index in [-0.39, 0.29) is 30.7 Å². The molecule has 2 aromatic rings. The molecular formula is C16H24Cl2N4OS2. The van der Waals surface area contributed by atoms with Crippen LogP contribution < -0.4 is 10.2 Å². The van der Waals surface area contributed by atoms with E-state index in [0.717, 1.165) is 32.4 Å². The molecule has 0 aliphatic carbocycles. The summed E-state index contributed by atoms with van der Waals surface area (Å²) in [4.78, 5) is 23.2. The van der Waals surface area contributed by atoms with Crippen LogP contribution in [-0.2, 0) is 0 Å². The summed E-state index contributed by atoms with van der Waals surface area (Å²) in [6, 6.07) is 3.58. The summed E-state index contributed by atoms with van der Waals surface area (Å²) in [5.74, 6) is 0.151. The highest BCUT2D eigenvalue weighted by molar-refractivity contribution is 7.29. The Morgan fingerprint density at radius 3 is 2.36 bits per heavy atom. The Kier molecular flexibility index (Phi) is 6.60. The lowest BCUT2D eigenvalue weighted by molar-refractivity contribution is 0.0686. The fourth-order valence-corrected chi connectivity index (χ4v) is 5.82. The maximum absolute atomic E-state index is 12.8. The summed E-state index contributed by atoms with van der Waals surface area (Å²) in [6.07, 6.45) is 4.69. The van der Waals surface area contributed by atoms with Crippen molar-refractivity contribution in [3.8, 4) is 0 Å². The molecule has 140 valence electrons. The van der Waals surface area contributed by atoms with E-state index in [1.807, 2.05) is 37.0 Å². The van der Waals surface area contributed by atoms with Crippen LogP contribution in [0.4, 0.5) is 5.13 Å². The number of anilines is 1. The van der Waals surface area contributed by atoms with Gasteiger partial charge >= 0.3 is 0 Å². The van der Waals surface area contributed by atoms with Gasteiger partial charge in [0.1, 0.15) is 4.83 Å². The van der Waals surface area contributed by atoms with E-state index in [1.54, 1.807) is 11.3 Å². The van der Waals surface area contributed by atoms with Crippen LogP contribution in [-0.4, -0.2) is 55.1 Å². The molecule has 5 nitrogen and oxygen atoms in total. The maximum Gasteiger partial charge on any atom is 0.264 e. The molecule has 0 saturated carbocycles. The second-order valence-electron chi connectivity index (χ2n) is 6.85. The number of hydrogen-bond donors (Lipinski definition) is 1. The molecule has 2 bridgehead atoms. The molecule has 0 aromatic carbocycles. The van der Waals surface area contributed by atoms with Gasteiger partial charge in [-0.05, 0) is 31.7 Å². The van der Waals surface area contributed by atoms with Gasteiger partial charge in [-0.2, -0.15) is 0 Å². The molecule has 2 aromatic heterocycles. The molecule has 2 saturated heterocycles. The predicted octanol–water partition coefficient (Wildman–Crippen LogP) is 3.62.